The third-order valence-corrected chi connectivity index (χ3v) is 3.34. The molecular weight excluding hydrogens is 278 g/mol. The summed E-state index contributed by atoms with van der Waals surface area (Å²) in [6.07, 6.45) is 4.01. The van der Waals surface area contributed by atoms with Crippen molar-refractivity contribution in [1.29, 1.82) is 0 Å². The summed E-state index contributed by atoms with van der Waals surface area (Å²) in [6.45, 7) is 3.98. The van der Waals surface area contributed by atoms with Gasteiger partial charge in [-0.15, -0.1) is 0 Å². The molecule has 1 heterocycles. The van der Waals surface area contributed by atoms with E-state index in [2.05, 4.69) is 15.6 Å². The van der Waals surface area contributed by atoms with Crippen molar-refractivity contribution in [3.63, 3.8) is 0 Å². The minimum atomic E-state index is -0.209. The second-order valence-electron chi connectivity index (χ2n) is 5.05. The van der Waals surface area contributed by atoms with Crippen molar-refractivity contribution in [2.24, 2.45) is 0 Å². The number of hydrogen-bond acceptors (Lipinski definition) is 3. The molecule has 0 radical (unpaired) electrons. The van der Waals surface area contributed by atoms with Gasteiger partial charge in [0.05, 0.1) is 0 Å². The van der Waals surface area contributed by atoms with Crippen LogP contribution in [0.2, 0.25) is 0 Å². The van der Waals surface area contributed by atoms with Crippen LogP contribution in [-0.2, 0) is 0 Å². The lowest BCUT2D eigenvalue weighted by atomic mass is 10.1. The molecule has 0 unspecified atom stereocenters. The van der Waals surface area contributed by atoms with Crippen LogP contribution < -0.4 is 10.6 Å². The van der Waals surface area contributed by atoms with Crippen LogP contribution in [0, 0.1) is 0 Å². The van der Waals surface area contributed by atoms with Crippen LogP contribution >= 0.6 is 0 Å². The minimum absolute atomic E-state index is 0.110. The standard InChI is InChI=1S/C17H19N3O2/c1-3-12(2)19-16(21)13-4-6-15(7-5-13)20-17(22)14-8-10-18-11-9-14/h4-12H,3H2,1-2H3,(H,19,21)(H,20,22)/t12-/m0/s1. The third kappa shape index (κ3) is 4.15. The summed E-state index contributed by atoms with van der Waals surface area (Å²) in [6, 6.07) is 10.2. The Morgan fingerprint density at radius 1 is 1.00 bits per heavy atom. The number of aromatic nitrogens is 1. The molecule has 114 valence electrons. The van der Waals surface area contributed by atoms with Gasteiger partial charge in [0.2, 0.25) is 0 Å². The Bertz CT molecular complexity index is 639. The highest BCUT2D eigenvalue weighted by Gasteiger charge is 2.09. The number of carbonyl (C=O) groups excluding carboxylic acids is 2. The Morgan fingerprint density at radius 3 is 2.18 bits per heavy atom. The smallest absolute Gasteiger partial charge is 0.255 e. The van der Waals surface area contributed by atoms with Crippen LogP contribution in [0.1, 0.15) is 41.0 Å². The number of benzene rings is 1. The van der Waals surface area contributed by atoms with Gasteiger partial charge in [0, 0.05) is 35.2 Å². The Hall–Kier alpha value is -2.69. The summed E-state index contributed by atoms with van der Waals surface area (Å²) in [7, 11) is 0. The lowest BCUT2D eigenvalue weighted by Crippen LogP contribution is -2.31. The van der Waals surface area contributed by atoms with E-state index < -0.39 is 0 Å². The molecule has 0 fully saturated rings. The molecule has 5 heteroatoms. The first-order chi connectivity index (χ1) is 10.6. The van der Waals surface area contributed by atoms with Gasteiger partial charge in [0.1, 0.15) is 0 Å². The van der Waals surface area contributed by atoms with Gasteiger partial charge in [-0.3, -0.25) is 14.6 Å². The van der Waals surface area contributed by atoms with E-state index in [1.807, 2.05) is 13.8 Å². The van der Waals surface area contributed by atoms with Crippen LogP contribution in [0.15, 0.2) is 48.8 Å². The zero-order valence-electron chi connectivity index (χ0n) is 12.7. The van der Waals surface area contributed by atoms with Crippen molar-refractivity contribution in [2.75, 3.05) is 5.32 Å². The SMILES string of the molecule is CC[C@H](C)NC(=O)c1ccc(NC(=O)c2ccncc2)cc1. The molecular formula is C17H19N3O2. The van der Waals surface area contributed by atoms with E-state index in [1.54, 1.807) is 48.8 Å². The maximum absolute atomic E-state index is 12.0. The monoisotopic (exact) mass is 297 g/mol. The Kier molecular flexibility index (Phi) is 5.25. The number of nitrogens with one attached hydrogen (secondary N) is 2. The molecule has 2 aromatic rings. The molecule has 0 aliphatic rings. The first-order valence-corrected chi connectivity index (χ1v) is 7.22. The van der Waals surface area contributed by atoms with E-state index in [0.717, 1.165) is 6.42 Å². The zero-order chi connectivity index (χ0) is 15.9. The fourth-order valence-electron chi connectivity index (χ4n) is 1.82. The minimum Gasteiger partial charge on any atom is -0.350 e. The molecule has 1 aromatic carbocycles. The molecule has 1 atom stereocenters. The van der Waals surface area contributed by atoms with Crippen LogP contribution in [0.4, 0.5) is 5.69 Å². The van der Waals surface area contributed by atoms with Crippen LogP contribution in [0.3, 0.4) is 0 Å². The molecule has 0 aliphatic carbocycles. The topological polar surface area (TPSA) is 71.1 Å². The van der Waals surface area contributed by atoms with Gasteiger partial charge in [-0.1, -0.05) is 6.92 Å². The average Bonchev–Trinajstić information content (AvgIpc) is 2.56. The molecule has 0 saturated heterocycles. The average molecular weight is 297 g/mol. The molecule has 0 saturated carbocycles. The summed E-state index contributed by atoms with van der Waals surface area (Å²) in [4.78, 5) is 27.8. The second-order valence-corrected chi connectivity index (χ2v) is 5.05. The van der Waals surface area contributed by atoms with Crippen molar-refractivity contribution in [3.8, 4) is 0 Å². The van der Waals surface area contributed by atoms with E-state index in [0.29, 0.717) is 16.8 Å². The van der Waals surface area contributed by atoms with Gasteiger partial charge in [-0.25, -0.2) is 0 Å². The Morgan fingerprint density at radius 2 is 1.59 bits per heavy atom. The van der Waals surface area contributed by atoms with Crippen molar-refractivity contribution in [2.45, 2.75) is 26.3 Å². The highest BCUT2D eigenvalue weighted by Crippen LogP contribution is 2.11. The van der Waals surface area contributed by atoms with Crippen molar-refractivity contribution < 1.29 is 9.59 Å². The highest BCUT2D eigenvalue weighted by atomic mass is 16.2. The van der Waals surface area contributed by atoms with E-state index in [1.165, 1.54) is 0 Å². The quantitative estimate of drug-likeness (QED) is 0.891. The van der Waals surface area contributed by atoms with Crippen molar-refractivity contribution >= 4 is 17.5 Å². The first-order valence-electron chi connectivity index (χ1n) is 7.22. The Balaban J connectivity index is 2.00. The third-order valence-electron chi connectivity index (χ3n) is 3.34. The number of pyridine rings is 1. The van der Waals surface area contributed by atoms with Crippen LogP contribution in [0.5, 0.6) is 0 Å². The summed E-state index contributed by atoms with van der Waals surface area (Å²) >= 11 is 0. The van der Waals surface area contributed by atoms with Gasteiger partial charge in [0.15, 0.2) is 0 Å². The molecule has 0 bridgehead atoms. The van der Waals surface area contributed by atoms with Gasteiger partial charge >= 0.3 is 0 Å². The maximum Gasteiger partial charge on any atom is 0.255 e. The van der Waals surface area contributed by atoms with Crippen LogP contribution in [-0.4, -0.2) is 22.8 Å². The zero-order valence-corrected chi connectivity index (χ0v) is 12.7. The molecule has 0 spiro atoms. The molecule has 2 rings (SSSR count). The molecule has 1 aromatic heterocycles. The predicted molar refractivity (Wildman–Crippen MR) is 85.9 cm³/mol. The fraction of sp³-hybridized carbons (Fsp3) is 0.235. The Labute approximate surface area is 129 Å². The van der Waals surface area contributed by atoms with Gasteiger partial charge < -0.3 is 10.6 Å². The van der Waals surface area contributed by atoms with Crippen LogP contribution in [0.25, 0.3) is 0 Å². The molecule has 0 aliphatic heterocycles. The summed E-state index contributed by atoms with van der Waals surface area (Å²) in [5.74, 6) is -0.319. The molecule has 2 N–H and O–H groups in total. The van der Waals surface area contributed by atoms with Gasteiger partial charge in [0.25, 0.3) is 11.8 Å². The molecule has 2 amide bonds. The number of hydrogen-bond donors (Lipinski definition) is 2. The number of carbonyl (C=O) groups is 2. The van der Waals surface area contributed by atoms with E-state index in [4.69, 9.17) is 0 Å². The first kappa shape index (κ1) is 15.7. The number of nitrogens with zero attached hydrogens (tertiary/aromatic N) is 1. The fourth-order valence-corrected chi connectivity index (χ4v) is 1.82. The lowest BCUT2D eigenvalue weighted by molar-refractivity contribution is 0.0938. The second kappa shape index (κ2) is 7.36. The van der Waals surface area contributed by atoms with Gasteiger partial charge in [-0.05, 0) is 49.7 Å². The predicted octanol–water partition coefficient (Wildman–Crippen LogP) is 2.86. The molecule has 5 nitrogen and oxygen atoms in total. The summed E-state index contributed by atoms with van der Waals surface area (Å²) < 4.78 is 0. The number of anilines is 1. The normalized spacial score (nSPS) is 11.5. The lowest BCUT2D eigenvalue weighted by Gasteiger charge is -2.11. The van der Waals surface area contributed by atoms with E-state index in [-0.39, 0.29) is 17.9 Å². The summed E-state index contributed by atoms with van der Waals surface area (Å²) in [5.41, 5.74) is 1.75. The highest BCUT2D eigenvalue weighted by molar-refractivity contribution is 6.04. The van der Waals surface area contributed by atoms with E-state index >= 15 is 0 Å². The largest absolute Gasteiger partial charge is 0.350 e. The number of rotatable bonds is 5. The number of amides is 2. The van der Waals surface area contributed by atoms with Crippen molar-refractivity contribution in [3.05, 3.63) is 59.9 Å². The summed E-state index contributed by atoms with van der Waals surface area (Å²) in [5, 5.41) is 5.68. The van der Waals surface area contributed by atoms with Gasteiger partial charge in [-0.2, -0.15) is 0 Å². The van der Waals surface area contributed by atoms with E-state index in [9.17, 15) is 9.59 Å². The van der Waals surface area contributed by atoms with Crippen molar-refractivity contribution in [1.82, 2.24) is 10.3 Å². The maximum atomic E-state index is 12.0. The molecule has 22 heavy (non-hydrogen) atoms.